The zero-order chi connectivity index (χ0) is 14.3. The fraction of sp³-hybridized carbons (Fsp3) is 0.385. The molecule has 0 amide bonds. The summed E-state index contributed by atoms with van der Waals surface area (Å²) in [5, 5.41) is 0.450. The molecule has 104 valence electrons. The second-order valence-corrected chi connectivity index (χ2v) is 6.25. The van der Waals surface area contributed by atoms with Crippen LogP contribution in [0.3, 0.4) is 0 Å². The van der Waals surface area contributed by atoms with Crippen LogP contribution < -0.4 is 10.5 Å². The second kappa shape index (κ2) is 7.39. The monoisotopic (exact) mass is 300 g/mol. The van der Waals surface area contributed by atoms with Gasteiger partial charge in [-0.25, -0.2) is 8.42 Å². The number of unbranched alkanes of at least 4 members (excludes halogenated alkanes) is 1. The van der Waals surface area contributed by atoms with Gasteiger partial charge in [0, 0.05) is 10.6 Å². The van der Waals surface area contributed by atoms with Gasteiger partial charge in [-0.05, 0) is 24.6 Å². The second-order valence-electron chi connectivity index (χ2n) is 3.97. The Hall–Kier alpha value is -1.22. The highest BCUT2D eigenvalue weighted by Crippen LogP contribution is 2.21. The number of hydrogen-bond donors (Lipinski definition) is 2. The van der Waals surface area contributed by atoms with Gasteiger partial charge in [0.25, 0.3) is 0 Å². The summed E-state index contributed by atoms with van der Waals surface area (Å²) in [6.45, 7) is 2.15. The van der Waals surface area contributed by atoms with Crippen LogP contribution in [0.25, 0.3) is 0 Å². The van der Waals surface area contributed by atoms with Crippen LogP contribution in [0.15, 0.2) is 18.2 Å². The highest BCUT2D eigenvalue weighted by molar-refractivity contribution is 7.92. The number of sulfonamides is 1. The predicted molar refractivity (Wildman–Crippen MR) is 79.7 cm³/mol. The van der Waals surface area contributed by atoms with Crippen LogP contribution in [0.5, 0.6) is 0 Å². The van der Waals surface area contributed by atoms with Crippen LogP contribution in [-0.2, 0) is 10.0 Å². The molecular formula is C13H17ClN2O2S. The first-order valence-electron chi connectivity index (χ1n) is 5.97. The minimum Gasteiger partial charge on any atom is -0.320 e. The number of anilines is 1. The fourth-order valence-electron chi connectivity index (χ4n) is 1.41. The lowest BCUT2D eigenvalue weighted by Crippen LogP contribution is -2.17. The van der Waals surface area contributed by atoms with E-state index < -0.39 is 10.0 Å². The van der Waals surface area contributed by atoms with Crippen molar-refractivity contribution in [3.63, 3.8) is 0 Å². The molecule has 0 atom stereocenters. The predicted octanol–water partition coefficient (Wildman–Crippen LogP) is 2.19. The van der Waals surface area contributed by atoms with Crippen molar-refractivity contribution in [2.45, 2.75) is 19.8 Å². The van der Waals surface area contributed by atoms with E-state index >= 15 is 0 Å². The smallest absolute Gasteiger partial charge is 0.232 e. The zero-order valence-corrected chi connectivity index (χ0v) is 12.3. The molecule has 0 saturated carbocycles. The molecule has 0 saturated heterocycles. The van der Waals surface area contributed by atoms with E-state index in [4.69, 9.17) is 17.3 Å². The van der Waals surface area contributed by atoms with Crippen molar-refractivity contribution >= 4 is 27.3 Å². The zero-order valence-electron chi connectivity index (χ0n) is 10.7. The van der Waals surface area contributed by atoms with Crippen molar-refractivity contribution in [2.75, 3.05) is 17.0 Å². The third-order valence-electron chi connectivity index (χ3n) is 2.34. The van der Waals surface area contributed by atoms with Gasteiger partial charge in [0.05, 0.1) is 18.0 Å². The Morgan fingerprint density at radius 2 is 2.16 bits per heavy atom. The van der Waals surface area contributed by atoms with Crippen LogP contribution in [0.4, 0.5) is 5.69 Å². The molecule has 19 heavy (non-hydrogen) atoms. The molecule has 0 fully saturated rings. The maximum Gasteiger partial charge on any atom is 0.232 e. The highest BCUT2D eigenvalue weighted by Gasteiger charge is 2.12. The Balaban J connectivity index is 3.02. The maximum atomic E-state index is 11.9. The van der Waals surface area contributed by atoms with Gasteiger partial charge in [-0.15, -0.1) is 0 Å². The number of halogens is 1. The quantitative estimate of drug-likeness (QED) is 0.819. The molecule has 0 aliphatic heterocycles. The summed E-state index contributed by atoms with van der Waals surface area (Å²) in [4.78, 5) is 0. The van der Waals surface area contributed by atoms with Gasteiger partial charge in [0.1, 0.15) is 0 Å². The normalized spacial score (nSPS) is 10.7. The van der Waals surface area contributed by atoms with Crippen molar-refractivity contribution in [3.8, 4) is 11.8 Å². The van der Waals surface area contributed by atoms with Gasteiger partial charge in [-0.1, -0.05) is 36.8 Å². The summed E-state index contributed by atoms with van der Waals surface area (Å²) in [5.41, 5.74) is 6.27. The molecule has 0 aliphatic carbocycles. The van der Waals surface area contributed by atoms with E-state index in [1.807, 2.05) is 6.92 Å². The Bertz CT molecular complexity index is 588. The van der Waals surface area contributed by atoms with Crippen LogP contribution >= 0.6 is 11.6 Å². The molecule has 3 N–H and O–H groups in total. The van der Waals surface area contributed by atoms with Gasteiger partial charge >= 0.3 is 0 Å². The number of rotatable bonds is 5. The first-order valence-corrected chi connectivity index (χ1v) is 8.00. The molecular weight excluding hydrogens is 284 g/mol. The van der Waals surface area contributed by atoms with Crippen LogP contribution in [0.2, 0.25) is 5.02 Å². The lowest BCUT2D eigenvalue weighted by molar-refractivity contribution is 0.598. The lowest BCUT2D eigenvalue weighted by atomic mass is 10.2. The Morgan fingerprint density at radius 3 is 2.79 bits per heavy atom. The van der Waals surface area contributed by atoms with Gasteiger partial charge < -0.3 is 5.73 Å². The molecule has 1 aromatic rings. The van der Waals surface area contributed by atoms with E-state index in [-0.39, 0.29) is 12.3 Å². The lowest BCUT2D eigenvalue weighted by Gasteiger charge is -2.10. The third kappa shape index (κ3) is 5.52. The average molecular weight is 301 g/mol. The fourth-order valence-corrected chi connectivity index (χ4v) is 2.86. The third-order valence-corrected chi connectivity index (χ3v) is 3.93. The molecule has 0 radical (unpaired) electrons. The molecule has 0 aliphatic rings. The molecule has 0 heterocycles. The van der Waals surface area contributed by atoms with Crippen molar-refractivity contribution in [1.82, 2.24) is 0 Å². The summed E-state index contributed by atoms with van der Waals surface area (Å²) < 4.78 is 26.3. The molecule has 1 rings (SSSR count). The van der Waals surface area contributed by atoms with E-state index in [1.54, 1.807) is 18.2 Å². The first-order chi connectivity index (χ1) is 8.98. The minimum absolute atomic E-state index is 0.0831. The summed E-state index contributed by atoms with van der Waals surface area (Å²) in [7, 11) is -3.37. The van der Waals surface area contributed by atoms with Gasteiger partial charge in [-0.2, -0.15) is 0 Å². The Kier molecular flexibility index (Phi) is 6.16. The Morgan fingerprint density at radius 1 is 1.42 bits per heavy atom. The van der Waals surface area contributed by atoms with Crippen LogP contribution in [0, 0.1) is 11.8 Å². The summed E-state index contributed by atoms with van der Waals surface area (Å²) >= 11 is 5.88. The minimum atomic E-state index is -3.37. The van der Waals surface area contributed by atoms with Crippen LogP contribution in [-0.4, -0.2) is 20.7 Å². The molecule has 0 aromatic heterocycles. The van der Waals surface area contributed by atoms with Gasteiger partial charge in [-0.3, -0.25) is 4.72 Å². The summed E-state index contributed by atoms with van der Waals surface area (Å²) in [5.74, 6) is 5.59. The van der Waals surface area contributed by atoms with Crippen molar-refractivity contribution in [3.05, 3.63) is 28.8 Å². The molecule has 0 spiro atoms. The number of nitrogens with one attached hydrogen (secondary N) is 1. The van der Waals surface area contributed by atoms with E-state index in [9.17, 15) is 8.42 Å². The van der Waals surface area contributed by atoms with E-state index in [0.29, 0.717) is 22.7 Å². The molecule has 4 nitrogen and oxygen atoms in total. The molecule has 0 unspecified atom stereocenters. The average Bonchev–Trinajstić information content (AvgIpc) is 2.35. The van der Waals surface area contributed by atoms with Gasteiger partial charge in [0.15, 0.2) is 0 Å². The SMILES string of the molecule is CCCCS(=O)(=O)Nc1cc(Cl)ccc1C#CCN. The number of hydrogen-bond acceptors (Lipinski definition) is 3. The van der Waals surface area contributed by atoms with Gasteiger partial charge in [0.2, 0.25) is 10.0 Å². The highest BCUT2D eigenvalue weighted by atomic mass is 35.5. The summed E-state index contributed by atoms with van der Waals surface area (Å²) in [6, 6.07) is 4.88. The van der Waals surface area contributed by atoms with Crippen molar-refractivity contribution in [2.24, 2.45) is 5.73 Å². The van der Waals surface area contributed by atoms with Crippen LogP contribution in [0.1, 0.15) is 25.3 Å². The first kappa shape index (κ1) is 15.8. The standard InChI is InChI=1S/C13H17ClN2O2S/c1-2-3-9-19(17,18)16-13-10-12(14)7-6-11(13)5-4-8-15/h6-7,10,16H,2-3,8-9,15H2,1H3. The van der Waals surface area contributed by atoms with Crippen molar-refractivity contribution in [1.29, 1.82) is 0 Å². The van der Waals surface area contributed by atoms with E-state index in [1.165, 1.54) is 0 Å². The number of benzene rings is 1. The van der Waals surface area contributed by atoms with E-state index in [0.717, 1.165) is 6.42 Å². The van der Waals surface area contributed by atoms with E-state index in [2.05, 4.69) is 16.6 Å². The largest absolute Gasteiger partial charge is 0.320 e. The molecule has 0 bridgehead atoms. The topological polar surface area (TPSA) is 72.2 Å². The summed E-state index contributed by atoms with van der Waals surface area (Å²) in [6.07, 6.45) is 1.43. The number of nitrogens with two attached hydrogens (primary N) is 1. The van der Waals surface area contributed by atoms with Crippen molar-refractivity contribution < 1.29 is 8.42 Å². The molecule has 1 aromatic carbocycles. The Labute approximate surface area is 119 Å². The molecule has 6 heteroatoms. The maximum absolute atomic E-state index is 11.9.